The van der Waals surface area contributed by atoms with Crippen LogP contribution in [0.25, 0.3) is 0 Å². The third-order valence-electron chi connectivity index (χ3n) is 4.27. The predicted octanol–water partition coefficient (Wildman–Crippen LogP) is 5.61. The molecule has 1 fully saturated rings. The van der Waals surface area contributed by atoms with E-state index < -0.39 is 8.07 Å². The van der Waals surface area contributed by atoms with E-state index in [-0.39, 0.29) is 0 Å². The Morgan fingerprint density at radius 1 is 1.20 bits per heavy atom. The number of carbonyl (C=O) groups is 1. The van der Waals surface area contributed by atoms with Crippen LogP contribution in [0.4, 0.5) is 0 Å². The summed E-state index contributed by atoms with van der Waals surface area (Å²) in [5, 5.41) is 0. The van der Waals surface area contributed by atoms with Crippen LogP contribution in [0.1, 0.15) is 46.5 Å². The zero-order chi connectivity index (χ0) is 15.4. The van der Waals surface area contributed by atoms with Gasteiger partial charge < -0.3 is 0 Å². The van der Waals surface area contributed by atoms with Crippen LogP contribution in [0.2, 0.25) is 25.7 Å². The summed E-state index contributed by atoms with van der Waals surface area (Å²) in [6.07, 6.45) is 10.4. The number of hydrogen-bond acceptors (Lipinski definition) is 1. The molecule has 1 aliphatic rings. The van der Waals surface area contributed by atoms with E-state index >= 15 is 0 Å². The van der Waals surface area contributed by atoms with Gasteiger partial charge in [0.1, 0.15) is 6.29 Å². The topological polar surface area (TPSA) is 17.1 Å². The average molecular weight is 293 g/mol. The van der Waals surface area contributed by atoms with Crippen molar-refractivity contribution in [3.63, 3.8) is 0 Å². The first-order valence-corrected chi connectivity index (χ1v) is 11.7. The minimum atomic E-state index is -1.19. The van der Waals surface area contributed by atoms with Crippen LogP contribution in [0.3, 0.4) is 0 Å². The van der Waals surface area contributed by atoms with Crippen LogP contribution < -0.4 is 0 Å². The minimum absolute atomic E-state index is 0.438. The molecule has 0 N–H and O–H groups in total. The summed E-state index contributed by atoms with van der Waals surface area (Å²) in [5.74, 6) is 0.844. The van der Waals surface area contributed by atoms with Gasteiger partial charge in [-0.1, -0.05) is 58.1 Å². The van der Waals surface area contributed by atoms with Gasteiger partial charge in [0.15, 0.2) is 0 Å². The van der Waals surface area contributed by atoms with Crippen LogP contribution in [-0.4, -0.2) is 14.4 Å². The maximum Gasteiger partial charge on any atom is 0.145 e. The predicted molar refractivity (Wildman–Crippen MR) is 91.8 cm³/mol. The van der Waals surface area contributed by atoms with E-state index in [2.05, 4.69) is 52.6 Å². The Balaban J connectivity index is 2.62. The first kappa shape index (κ1) is 17.4. The molecule has 114 valence electrons. The van der Waals surface area contributed by atoms with E-state index in [1.54, 1.807) is 0 Å². The second-order valence-electron chi connectivity index (χ2n) is 8.56. The van der Waals surface area contributed by atoms with Crippen LogP contribution in [0.5, 0.6) is 0 Å². The van der Waals surface area contributed by atoms with Crippen LogP contribution in [0.15, 0.2) is 23.3 Å². The molecule has 0 amide bonds. The smallest absolute Gasteiger partial charge is 0.145 e. The average Bonchev–Trinajstić information content (AvgIpc) is 2.32. The lowest BCUT2D eigenvalue weighted by molar-refractivity contribution is -0.104. The molecule has 1 saturated carbocycles. The molecule has 1 rings (SSSR count). The van der Waals surface area contributed by atoms with Gasteiger partial charge in [-0.25, -0.2) is 0 Å². The fraction of sp³-hybridized carbons (Fsp3) is 0.722. The highest BCUT2D eigenvalue weighted by atomic mass is 28.3. The number of hydrogen-bond donors (Lipinski definition) is 0. The van der Waals surface area contributed by atoms with Crippen LogP contribution in [0, 0.1) is 11.3 Å². The van der Waals surface area contributed by atoms with Crippen molar-refractivity contribution in [2.24, 2.45) is 11.3 Å². The van der Waals surface area contributed by atoms with Crippen molar-refractivity contribution in [2.45, 2.75) is 72.1 Å². The Morgan fingerprint density at radius 2 is 1.75 bits per heavy atom. The number of aldehydes is 1. The lowest BCUT2D eigenvalue weighted by Crippen LogP contribution is -2.23. The van der Waals surface area contributed by atoms with Gasteiger partial charge >= 0.3 is 0 Å². The van der Waals surface area contributed by atoms with Gasteiger partial charge in [-0.3, -0.25) is 4.79 Å². The lowest BCUT2D eigenvalue weighted by Gasteiger charge is -2.34. The Labute approximate surface area is 126 Å². The summed E-state index contributed by atoms with van der Waals surface area (Å²) < 4.78 is 0. The van der Waals surface area contributed by atoms with Crippen molar-refractivity contribution in [3.05, 3.63) is 23.3 Å². The molecule has 0 radical (unpaired) electrons. The molecule has 0 aromatic heterocycles. The van der Waals surface area contributed by atoms with E-state index in [0.717, 1.165) is 23.8 Å². The van der Waals surface area contributed by atoms with Crippen molar-refractivity contribution in [1.29, 1.82) is 0 Å². The number of carbonyl (C=O) groups excluding carboxylic acids is 1. The first-order valence-electron chi connectivity index (χ1n) is 7.95. The summed E-state index contributed by atoms with van der Waals surface area (Å²) >= 11 is 0. The van der Waals surface area contributed by atoms with Crippen molar-refractivity contribution in [2.75, 3.05) is 0 Å². The third-order valence-corrected chi connectivity index (χ3v) is 5.74. The molecule has 0 heterocycles. The normalized spacial score (nSPS) is 21.8. The van der Waals surface area contributed by atoms with E-state index in [4.69, 9.17) is 0 Å². The molecule has 20 heavy (non-hydrogen) atoms. The zero-order valence-corrected chi connectivity index (χ0v) is 15.3. The first-order chi connectivity index (χ1) is 9.12. The Kier molecular flexibility index (Phi) is 6.00. The molecule has 2 heteroatoms. The highest BCUT2D eigenvalue weighted by molar-refractivity contribution is 6.76. The molecule has 0 aliphatic heterocycles. The van der Waals surface area contributed by atoms with E-state index in [1.807, 2.05) is 0 Å². The SMILES string of the molecule is CC(C)(C)C1CCC(=C/C=C(\C=O)C[Si](C)(C)C)CC1. The largest absolute Gasteiger partial charge is 0.298 e. The summed E-state index contributed by atoms with van der Waals surface area (Å²) in [5.41, 5.74) is 2.95. The monoisotopic (exact) mass is 292 g/mol. The van der Waals surface area contributed by atoms with Gasteiger partial charge in [0.2, 0.25) is 0 Å². The zero-order valence-electron chi connectivity index (χ0n) is 14.3. The Hall–Kier alpha value is -0.633. The summed E-state index contributed by atoms with van der Waals surface area (Å²) in [6, 6.07) is 0.991. The fourth-order valence-corrected chi connectivity index (χ4v) is 4.42. The van der Waals surface area contributed by atoms with E-state index in [0.29, 0.717) is 5.41 Å². The summed E-state index contributed by atoms with van der Waals surface area (Å²) in [4.78, 5) is 11.2. The minimum Gasteiger partial charge on any atom is -0.298 e. The highest BCUT2D eigenvalue weighted by Gasteiger charge is 2.27. The molecule has 0 unspecified atom stereocenters. The third kappa shape index (κ3) is 6.21. The Bertz CT molecular complexity index is 381. The second-order valence-corrected chi connectivity index (χ2v) is 14.0. The Morgan fingerprint density at radius 3 is 2.15 bits per heavy atom. The van der Waals surface area contributed by atoms with Crippen molar-refractivity contribution < 1.29 is 4.79 Å². The molecule has 0 bridgehead atoms. The summed E-state index contributed by atoms with van der Waals surface area (Å²) in [6.45, 7) is 14.0. The maximum atomic E-state index is 11.2. The number of allylic oxidation sites excluding steroid dienone is 4. The van der Waals surface area contributed by atoms with Gasteiger partial charge in [0.25, 0.3) is 0 Å². The maximum absolute atomic E-state index is 11.2. The molecule has 1 nitrogen and oxygen atoms in total. The molecule has 0 atom stereocenters. The lowest BCUT2D eigenvalue weighted by atomic mass is 9.71. The second kappa shape index (κ2) is 6.88. The molecule has 0 aromatic rings. The van der Waals surface area contributed by atoms with E-state index in [9.17, 15) is 4.79 Å². The highest BCUT2D eigenvalue weighted by Crippen LogP contribution is 2.39. The van der Waals surface area contributed by atoms with Gasteiger partial charge in [-0.15, -0.1) is 0 Å². The molecular formula is C18H32OSi. The van der Waals surface area contributed by atoms with Crippen molar-refractivity contribution >= 4 is 14.4 Å². The van der Waals surface area contributed by atoms with Crippen molar-refractivity contribution in [1.82, 2.24) is 0 Å². The summed E-state index contributed by atoms with van der Waals surface area (Å²) in [7, 11) is -1.19. The van der Waals surface area contributed by atoms with Gasteiger partial charge in [-0.2, -0.15) is 0 Å². The molecular weight excluding hydrogens is 260 g/mol. The van der Waals surface area contributed by atoms with Gasteiger partial charge in [0.05, 0.1) is 0 Å². The standard InChI is InChI=1S/C18H32OSi/c1-18(2,3)17-11-9-15(10-12-17)7-8-16(13-19)14-20(4,5)6/h7-8,13,17H,9-12,14H2,1-6H3/b15-7?,16-8+. The van der Waals surface area contributed by atoms with Crippen LogP contribution >= 0.6 is 0 Å². The fourth-order valence-electron chi connectivity index (χ4n) is 3.00. The number of rotatable bonds is 4. The van der Waals surface area contributed by atoms with Crippen LogP contribution in [-0.2, 0) is 4.79 Å². The molecule has 0 aromatic carbocycles. The van der Waals surface area contributed by atoms with Gasteiger partial charge in [0, 0.05) is 8.07 Å². The molecule has 0 spiro atoms. The quantitative estimate of drug-likeness (QED) is 0.374. The van der Waals surface area contributed by atoms with E-state index in [1.165, 1.54) is 31.3 Å². The van der Waals surface area contributed by atoms with Crippen molar-refractivity contribution in [3.8, 4) is 0 Å². The molecule has 1 aliphatic carbocycles. The molecule has 0 saturated heterocycles. The van der Waals surface area contributed by atoms with Gasteiger partial charge in [-0.05, 0) is 48.6 Å².